The number of hydrogen-bond donors (Lipinski definition) is 2. The second-order valence-corrected chi connectivity index (χ2v) is 13.9. The van der Waals surface area contributed by atoms with Crippen LogP contribution in [0.3, 0.4) is 0 Å². The molecule has 4 unspecified atom stereocenters. The smallest absolute Gasteiger partial charge is 0.133 e. The van der Waals surface area contributed by atoms with Gasteiger partial charge in [0.1, 0.15) is 5.78 Å². The Bertz CT molecular complexity index is 745. The quantitative estimate of drug-likeness (QED) is 0.546. The van der Waals surface area contributed by atoms with Crippen LogP contribution in [-0.4, -0.2) is 27.7 Å². The summed E-state index contributed by atoms with van der Waals surface area (Å²) in [7, 11) is 0. The first-order valence-corrected chi connectivity index (χ1v) is 13.9. The molecule has 3 heteroatoms. The normalized spacial score (nSPS) is 53.0. The Hall–Kier alpha value is -0.410. The number of fused-ring (bicyclic) bond motifs is 5. The summed E-state index contributed by atoms with van der Waals surface area (Å²) in [6.07, 6.45) is 11.0. The minimum atomic E-state index is -0.692. The number of rotatable bonds is 5. The third kappa shape index (κ3) is 3.46. The van der Waals surface area contributed by atoms with Crippen molar-refractivity contribution in [3.63, 3.8) is 0 Å². The van der Waals surface area contributed by atoms with E-state index in [1.165, 1.54) is 19.3 Å². The van der Waals surface area contributed by atoms with Gasteiger partial charge in [-0.2, -0.15) is 0 Å². The van der Waals surface area contributed by atoms with Crippen LogP contribution in [-0.2, 0) is 4.79 Å². The molecule has 0 aromatic carbocycles. The van der Waals surface area contributed by atoms with E-state index in [0.29, 0.717) is 35.4 Å². The van der Waals surface area contributed by atoms with Crippen molar-refractivity contribution in [1.82, 2.24) is 0 Å². The van der Waals surface area contributed by atoms with Crippen molar-refractivity contribution < 1.29 is 15.0 Å². The molecule has 5 fully saturated rings. The lowest BCUT2D eigenvalue weighted by molar-refractivity contribution is -0.187. The van der Waals surface area contributed by atoms with Gasteiger partial charge < -0.3 is 10.2 Å². The largest absolute Gasteiger partial charge is 0.393 e. The van der Waals surface area contributed by atoms with Gasteiger partial charge in [0, 0.05) is 18.3 Å². The molecule has 0 bridgehead atoms. The Morgan fingerprint density at radius 2 is 1.84 bits per heavy atom. The summed E-state index contributed by atoms with van der Waals surface area (Å²) in [6.45, 7) is 11.6. The Morgan fingerprint density at radius 3 is 2.53 bits per heavy atom. The zero-order valence-electron chi connectivity index (χ0n) is 21.3. The Balaban J connectivity index is 1.34. The van der Waals surface area contributed by atoms with Crippen LogP contribution in [0, 0.1) is 58.2 Å². The maximum Gasteiger partial charge on any atom is 0.133 e. The fourth-order valence-electron chi connectivity index (χ4n) is 10.1. The second-order valence-electron chi connectivity index (χ2n) is 13.9. The molecule has 0 aliphatic heterocycles. The van der Waals surface area contributed by atoms with Gasteiger partial charge in [-0.05, 0) is 117 Å². The van der Waals surface area contributed by atoms with E-state index in [1.807, 2.05) is 0 Å². The van der Waals surface area contributed by atoms with Crippen LogP contribution in [0.2, 0.25) is 0 Å². The van der Waals surface area contributed by atoms with E-state index in [1.54, 1.807) is 0 Å². The summed E-state index contributed by atoms with van der Waals surface area (Å²) in [6, 6.07) is 0. The van der Waals surface area contributed by atoms with Crippen molar-refractivity contribution in [2.75, 3.05) is 0 Å². The number of hydrogen-bond acceptors (Lipinski definition) is 3. The fourth-order valence-corrected chi connectivity index (χ4v) is 10.1. The summed E-state index contributed by atoms with van der Waals surface area (Å²) in [5.74, 6) is 5.32. The van der Waals surface area contributed by atoms with Crippen molar-refractivity contribution in [1.29, 1.82) is 0 Å². The molecule has 5 aliphatic carbocycles. The highest BCUT2D eigenvalue weighted by Crippen LogP contribution is 2.68. The molecule has 3 nitrogen and oxygen atoms in total. The molecule has 12 atom stereocenters. The first kappa shape index (κ1) is 23.3. The Labute approximate surface area is 196 Å². The summed E-state index contributed by atoms with van der Waals surface area (Å²) in [5.41, 5.74) is -0.646. The third-order valence-electron chi connectivity index (χ3n) is 12.3. The van der Waals surface area contributed by atoms with E-state index < -0.39 is 5.60 Å². The molecule has 0 aromatic rings. The lowest BCUT2D eigenvalue weighted by Crippen LogP contribution is -2.60. The van der Waals surface area contributed by atoms with Gasteiger partial charge in [0.25, 0.3) is 0 Å². The minimum absolute atomic E-state index is 0.172. The second kappa shape index (κ2) is 7.80. The van der Waals surface area contributed by atoms with Crippen LogP contribution in [0.4, 0.5) is 0 Å². The van der Waals surface area contributed by atoms with Gasteiger partial charge in [-0.3, -0.25) is 4.79 Å². The Morgan fingerprint density at radius 1 is 1.12 bits per heavy atom. The van der Waals surface area contributed by atoms with Gasteiger partial charge in [-0.25, -0.2) is 0 Å². The van der Waals surface area contributed by atoms with E-state index in [4.69, 9.17) is 0 Å². The number of Topliss-reactive ketones (excluding diaryl/α,β-unsaturated/α-hetero) is 1. The molecule has 0 saturated heterocycles. The molecular weight excluding hydrogens is 396 g/mol. The van der Waals surface area contributed by atoms with Crippen molar-refractivity contribution in [3.05, 3.63) is 0 Å². The van der Waals surface area contributed by atoms with Gasteiger partial charge in [-0.15, -0.1) is 0 Å². The topological polar surface area (TPSA) is 57.5 Å². The number of carbonyl (C=O) groups excluding carboxylic acids is 1. The molecule has 0 aromatic heterocycles. The number of carbonyl (C=O) groups is 1. The SMILES string of the molecule is C[C@H](CC[C@](C)(O)[C@H]1CCC2C3CCC4CC(=O)CC[C@]4(C)C3C[C@@H](O)[C@@]21C)[C@@H]1C[C@H]1C. The van der Waals surface area contributed by atoms with E-state index in [-0.39, 0.29) is 22.9 Å². The minimum Gasteiger partial charge on any atom is -0.393 e. The van der Waals surface area contributed by atoms with Gasteiger partial charge in [0.15, 0.2) is 0 Å². The molecule has 0 amide bonds. The molecule has 0 spiro atoms. The van der Waals surface area contributed by atoms with Crippen molar-refractivity contribution in [2.45, 2.75) is 117 Å². The maximum absolute atomic E-state index is 12.2. The summed E-state index contributed by atoms with van der Waals surface area (Å²) >= 11 is 0. The van der Waals surface area contributed by atoms with Gasteiger partial charge in [0.2, 0.25) is 0 Å². The molecule has 5 saturated carbocycles. The zero-order chi connectivity index (χ0) is 23.1. The number of aliphatic hydroxyl groups excluding tert-OH is 1. The molecule has 5 aliphatic rings. The lowest BCUT2D eigenvalue weighted by Gasteiger charge is -2.62. The first-order chi connectivity index (χ1) is 15.0. The molecule has 5 rings (SSSR count). The zero-order valence-corrected chi connectivity index (χ0v) is 21.3. The highest BCUT2D eigenvalue weighted by molar-refractivity contribution is 5.79. The average Bonchev–Trinajstić information content (AvgIpc) is 3.34. The number of aliphatic hydroxyl groups is 2. The fraction of sp³-hybridized carbons (Fsp3) is 0.966. The highest BCUT2D eigenvalue weighted by atomic mass is 16.3. The van der Waals surface area contributed by atoms with Gasteiger partial charge in [-0.1, -0.05) is 27.7 Å². The van der Waals surface area contributed by atoms with Crippen LogP contribution >= 0.6 is 0 Å². The van der Waals surface area contributed by atoms with Crippen molar-refractivity contribution in [2.24, 2.45) is 58.2 Å². The highest BCUT2D eigenvalue weighted by Gasteiger charge is 2.65. The van der Waals surface area contributed by atoms with Crippen LogP contribution in [0.5, 0.6) is 0 Å². The van der Waals surface area contributed by atoms with Crippen molar-refractivity contribution >= 4 is 5.78 Å². The lowest BCUT2D eigenvalue weighted by atomic mass is 9.43. The molecule has 0 heterocycles. The van der Waals surface area contributed by atoms with E-state index >= 15 is 0 Å². The molecule has 32 heavy (non-hydrogen) atoms. The third-order valence-corrected chi connectivity index (χ3v) is 12.3. The molecule has 0 radical (unpaired) electrons. The average molecular weight is 445 g/mol. The predicted molar refractivity (Wildman–Crippen MR) is 128 cm³/mol. The van der Waals surface area contributed by atoms with Crippen LogP contribution in [0.15, 0.2) is 0 Å². The van der Waals surface area contributed by atoms with E-state index in [0.717, 1.165) is 63.2 Å². The summed E-state index contributed by atoms with van der Waals surface area (Å²) < 4.78 is 0. The maximum atomic E-state index is 12.2. The van der Waals surface area contributed by atoms with Crippen molar-refractivity contribution in [3.8, 4) is 0 Å². The van der Waals surface area contributed by atoms with Crippen LogP contribution in [0.1, 0.15) is 105 Å². The summed E-state index contributed by atoms with van der Waals surface area (Å²) in [4.78, 5) is 12.2. The standard InChI is InChI=1S/C29H48O3/c1-17(22-14-18(22)2)10-13-28(4,32)25-9-8-23-21-7-6-19-15-20(30)11-12-27(19,3)24(21)16-26(31)29(23,25)5/h17-19,21-26,31-32H,6-16H2,1-5H3/t17-,18-,19?,21?,22+,23?,24?,25-,26-,27+,28+,29+/m1/s1. The van der Waals surface area contributed by atoms with Crippen LogP contribution in [0.25, 0.3) is 0 Å². The summed E-state index contributed by atoms with van der Waals surface area (Å²) in [5, 5.41) is 23.5. The van der Waals surface area contributed by atoms with E-state index in [2.05, 4.69) is 34.6 Å². The Kier molecular flexibility index (Phi) is 5.69. The van der Waals surface area contributed by atoms with Crippen LogP contribution < -0.4 is 0 Å². The molecular formula is C29H48O3. The van der Waals surface area contributed by atoms with Gasteiger partial charge >= 0.3 is 0 Å². The van der Waals surface area contributed by atoms with E-state index in [9.17, 15) is 15.0 Å². The molecule has 2 N–H and O–H groups in total. The van der Waals surface area contributed by atoms with Gasteiger partial charge in [0.05, 0.1) is 11.7 Å². The molecule has 182 valence electrons. The predicted octanol–water partition coefficient (Wildman–Crippen LogP) is 6.01. The monoisotopic (exact) mass is 444 g/mol. The number of ketones is 1. The first-order valence-electron chi connectivity index (χ1n) is 13.9.